The first-order chi connectivity index (χ1) is 8.69. The molecule has 0 atom stereocenters. The summed E-state index contributed by atoms with van der Waals surface area (Å²) in [5.74, 6) is 0. The average molecular weight is 248 g/mol. The lowest BCUT2D eigenvalue weighted by molar-refractivity contribution is 0.108. The fraction of sp³-hybridized carbons (Fsp3) is 0.600. The van der Waals surface area contributed by atoms with Crippen LogP contribution in [-0.4, -0.2) is 54.2 Å². The molecule has 0 unspecified atom stereocenters. The number of rotatable bonds is 4. The van der Waals surface area contributed by atoms with Crippen molar-refractivity contribution < 1.29 is 5.11 Å². The molecule has 1 N–H and O–H groups in total. The average Bonchev–Trinajstić information content (AvgIpc) is 2.35. The second-order valence-corrected chi connectivity index (χ2v) is 5.27. The Bertz CT molecular complexity index is 384. The highest BCUT2D eigenvalue weighted by atomic mass is 16.3. The van der Waals surface area contributed by atoms with Crippen LogP contribution in [0.1, 0.15) is 16.7 Å². The number of nitrogens with zero attached hydrogens (tertiary/aromatic N) is 2. The molecule has 0 amide bonds. The number of β-amino-alcohol motifs (C(OH)–C–C–N with tert-alkyl or cyclic N) is 1. The van der Waals surface area contributed by atoms with E-state index in [1.54, 1.807) is 0 Å². The van der Waals surface area contributed by atoms with Crippen LogP contribution in [0.3, 0.4) is 0 Å². The maximum absolute atomic E-state index is 8.93. The van der Waals surface area contributed by atoms with Gasteiger partial charge in [0.1, 0.15) is 0 Å². The van der Waals surface area contributed by atoms with E-state index in [0.29, 0.717) is 0 Å². The quantitative estimate of drug-likeness (QED) is 0.873. The van der Waals surface area contributed by atoms with Crippen LogP contribution in [0.25, 0.3) is 0 Å². The monoisotopic (exact) mass is 248 g/mol. The smallest absolute Gasteiger partial charge is 0.0558 e. The normalized spacial score (nSPS) is 18.2. The second kappa shape index (κ2) is 6.32. The van der Waals surface area contributed by atoms with Crippen molar-refractivity contribution in [3.8, 4) is 0 Å². The highest BCUT2D eigenvalue weighted by molar-refractivity contribution is 5.30. The van der Waals surface area contributed by atoms with Crippen LogP contribution >= 0.6 is 0 Å². The number of piperazine rings is 1. The molecule has 0 aliphatic carbocycles. The maximum Gasteiger partial charge on any atom is 0.0558 e. The second-order valence-electron chi connectivity index (χ2n) is 5.27. The van der Waals surface area contributed by atoms with Gasteiger partial charge in [-0.2, -0.15) is 0 Å². The van der Waals surface area contributed by atoms with Crippen LogP contribution in [0.4, 0.5) is 0 Å². The summed E-state index contributed by atoms with van der Waals surface area (Å²) in [6, 6.07) is 6.71. The Balaban J connectivity index is 1.87. The van der Waals surface area contributed by atoms with Gasteiger partial charge in [-0.05, 0) is 25.0 Å². The van der Waals surface area contributed by atoms with Gasteiger partial charge in [-0.1, -0.05) is 23.8 Å². The zero-order chi connectivity index (χ0) is 13.0. The number of aryl methyl sites for hydroxylation is 2. The third-order valence-corrected chi connectivity index (χ3v) is 3.77. The first kappa shape index (κ1) is 13.5. The lowest BCUT2D eigenvalue weighted by atomic mass is 10.1. The maximum atomic E-state index is 8.93. The molecule has 1 fully saturated rings. The summed E-state index contributed by atoms with van der Waals surface area (Å²) in [4.78, 5) is 4.84. The molecule has 0 spiro atoms. The zero-order valence-corrected chi connectivity index (χ0v) is 11.5. The van der Waals surface area contributed by atoms with E-state index in [0.717, 1.165) is 39.3 Å². The van der Waals surface area contributed by atoms with E-state index in [1.807, 2.05) is 0 Å². The van der Waals surface area contributed by atoms with Crippen LogP contribution in [0.15, 0.2) is 18.2 Å². The molecule has 3 nitrogen and oxygen atoms in total. The van der Waals surface area contributed by atoms with Gasteiger partial charge in [-0.15, -0.1) is 0 Å². The van der Waals surface area contributed by atoms with Gasteiger partial charge < -0.3 is 5.11 Å². The standard InChI is InChI=1S/C15H24N2O/c1-13-3-4-15(14(2)11-13)12-17-7-5-16(6-8-17)9-10-18/h3-4,11,18H,5-10,12H2,1-2H3. The molecule has 1 aliphatic heterocycles. The van der Waals surface area contributed by atoms with Gasteiger partial charge in [0, 0.05) is 39.3 Å². The molecule has 1 aromatic rings. The molecule has 2 rings (SSSR count). The number of aliphatic hydroxyl groups excluding tert-OH is 1. The molecule has 1 aliphatic rings. The summed E-state index contributed by atoms with van der Waals surface area (Å²) in [6.07, 6.45) is 0. The Morgan fingerprint density at radius 2 is 1.72 bits per heavy atom. The van der Waals surface area contributed by atoms with Gasteiger partial charge in [0.05, 0.1) is 6.61 Å². The summed E-state index contributed by atoms with van der Waals surface area (Å²) in [6.45, 7) is 10.8. The molecule has 0 bridgehead atoms. The fourth-order valence-corrected chi connectivity index (χ4v) is 2.58. The summed E-state index contributed by atoms with van der Waals surface area (Å²) in [7, 11) is 0. The highest BCUT2D eigenvalue weighted by Crippen LogP contribution is 2.14. The molecule has 1 heterocycles. The molecule has 0 saturated carbocycles. The summed E-state index contributed by atoms with van der Waals surface area (Å²) in [5, 5.41) is 8.93. The number of benzene rings is 1. The van der Waals surface area contributed by atoms with Crippen LogP contribution in [0, 0.1) is 13.8 Å². The van der Waals surface area contributed by atoms with Crippen molar-refractivity contribution in [1.29, 1.82) is 0 Å². The minimum absolute atomic E-state index is 0.275. The van der Waals surface area contributed by atoms with Crippen molar-refractivity contribution >= 4 is 0 Å². The van der Waals surface area contributed by atoms with E-state index in [4.69, 9.17) is 5.11 Å². The number of hydrogen-bond acceptors (Lipinski definition) is 3. The SMILES string of the molecule is Cc1ccc(CN2CCN(CCO)CC2)c(C)c1. The summed E-state index contributed by atoms with van der Waals surface area (Å²) < 4.78 is 0. The van der Waals surface area contributed by atoms with Crippen molar-refractivity contribution in [1.82, 2.24) is 9.80 Å². The Kier molecular flexibility index (Phi) is 4.75. The molecular formula is C15H24N2O. The van der Waals surface area contributed by atoms with Gasteiger partial charge in [0.2, 0.25) is 0 Å². The lowest BCUT2D eigenvalue weighted by Gasteiger charge is -2.34. The highest BCUT2D eigenvalue weighted by Gasteiger charge is 2.16. The van der Waals surface area contributed by atoms with Crippen LogP contribution < -0.4 is 0 Å². The Labute approximate surface area is 110 Å². The van der Waals surface area contributed by atoms with Crippen molar-refractivity contribution in [3.05, 3.63) is 34.9 Å². The van der Waals surface area contributed by atoms with Gasteiger partial charge >= 0.3 is 0 Å². The van der Waals surface area contributed by atoms with Crippen LogP contribution in [0.5, 0.6) is 0 Å². The molecule has 100 valence electrons. The Hall–Kier alpha value is -0.900. The van der Waals surface area contributed by atoms with Crippen molar-refractivity contribution in [3.63, 3.8) is 0 Å². The molecule has 1 aromatic carbocycles. The predicted molar refractivity (Wildman–Crippen MR) is 74.7 cm³/mol. The Morgan fingerprint density at radius 3 is 2.33 bits per heavy atom. The first-order valence-corrected chi connectivity index (χ1v) is 6.81. The summed E-state index contributed by atoms with van der Waals surface area (Å²) in [5.41, 5.74) is 4.17. The first-order valence-electron chi connectivity index (χ1n) is 6.81. The lowest BCUT2D eigenvalue weighted by Crippen LogP contribution is -2.46. The topological polar surface area (TPSA) is 26.7 Å². The van der Waals surface area contributed by atoms with Crippen molar-refractivity contribution in [2.75, 3.05) is 39.3 Å². The third-order valence-electron chi connectivity index (χ3n) is 3.77. The third kappa shape index (κ3) is 3.55. The Morgan fingerprint density at radius 1 is 1.06 bits per heavy atom. The molecular weight excluding hydrogens is 224 g/mol. The fourth-order valence-electron chi connectivity index (χ4n) is 2.58. The van der Waals surface area contributed by atoms with E-state index in [9.17, 15) is 0 Å². The van der Waals surface area contributed by atoms with Gasteiger partial charge in [0.15, 0.2) is 0 Å². The van der Waals surface area contributed by atoms with Crippen molar-refractivity contribution in [2.24, 2.45) is 0 Å². The molecule has 1 saturated heterocycles. The van der Waals surface area contributed by atoms with E-state index >= 15 is 0 Å². The molecule has 0 aromatic heterocycles. The largest absolute Gasteiger partial charge is 0.395 e. The molecule has 0 radical (unpaired) electrons. The molecule has 18 heavy (non-hydrogen) atoms. The zero-order valence-electron chi connectivity index (χ0n) is 11.5. The van der Waals surface area contributed by atoms with E-state index < -0.39 is 0 Å². The van der Waals surface area contributed by atoms with Gasteiger partial charge in [-0.25, -0.2) is 0 Å². The van der Waals surface area contributed by atoms with Crippen LogP contribution in [-0.2, 0) is 6.54 Å². The minimum atomic E-state index is 0.275. The van der Waals surface area contributed by atoms with Crippen molar-refractivity contribution in [2.45, 2.75) is 20.4 Å². The van der Waals surface area contributed by atoms with Gasteiger partial charge in [0.25, 0.3) is 0 Å². The number of aliphatic hydroxyl groups is 1. The van der Waals surface area contributed by atoms with E-state index in [1.165, 1.54) is 16.7 Å². The molecule has 3 heteroatoms. The summed E-state index contributed by atoms with van der Waals surface area (Å²) >= 11 is 0. The van der Waals surface area contributed by atoms with Crippen LogP contribution in [0.2, 0.25) is 0 Å². The van der Waals surface area contributed by atoms with Gasteiger partial charge in [-0.3, -0.25) is 9.80 Å². The predicted octanol–water partition coefficient (Wildman–Crippen LogP) is 1.41. The van der Waals surface area contributed by atoms with E-state index in [-0.39, 0.29) is 6.61 Å². The number of hydrogen-bond donors (Lipinski definition) is 1. The minimum Gasteiger partial charge on any atom is -0.395 e. The van der Waals surface area contributed by atoms with E-state index in [2.05, 4.69) is 41.8 Å².